The summed E-state index contributed by atoms with van der Waals surface area (Å²) < 4.78 is 38.2. The Balaban J connectivity index is 2.41. The molecular formula is C12H15FN2O3S. The average molecular weight is 286 g/mol. The number of rotatable bonds is 4. The summed E-state index contributed by atoms with van der Waals surface area (Å²) >= 11 is 0. The molecule has 0 aromatic heterocycles. The van der Waals surface area contributed by atoms with E-state index in [1.807, 2.05) is 6.92 Å². The van der Waals surface area contributed by atoms with E-state index in [4.69, 9.17) is 0 Å². The molecule has 1 N–H and O–H groups in total. The third kappa shape index (κ3) is 2.86. The molecule has 1 heterocycles. The van der Waals surface area contributed by atoms with Gasteiger partial charge in [-0.3, -0.25) is 9.52 Å². The predicted molar refractivity (Wildman–Crippen MR) is 71.2 cm³/mol. The molecule has 7 heteroatoms. The Morgan fingerprint density at radius 3 is 2.68 bits per heavy atom. The number of fused-ring (bicyclic) bond motifs is 1. The van der Waals surface area contributed by atoms with Crippen molar-refractivity contribution in [3.05, 3.63) is 23.5 Å². The largest absolute Gasteiger partial charge is 0.312 e. The second-order valence-electron chi connectivity index (χ2n) is 4.56. The lowest BCUT2D eigenvalue weighted by Gasteiger charge is -2.17. The van der Waals surface area contributed by atoms with Crippen LogP contribution in [0.4, 0.5) is 15.8 Å². The van der Waals surface area contributed by atoms with Crippen LogP contribution in [0.3, 0.4) is 0 Å². The van der Waals surface area contributed by atoms with Gasteiger partial charge in [-0.25, -0.2) is 12.8 Å². The van der Waals surface area contributed by atoms with Crippen LogP contribution in [0.5, 0.6) is 0 Å². The molecule has 0 radical (unpaired) electrons. The molecular weight excluding hydrogens is 271 g/mol. The molecule has 0 bridgehead atoms. The highest BCUT2D eigenvalue weighted by atomic mass is 32.2. The summed E-state index contributed by atoms with van der Waals surface area (Å²) in [5.41, 5.74) is 1.06. The highest BCUT2D eigenvalue weighted by Crippen LogP contribution is 2.33. The number of amides is 1. The van der Waals surface area contributed by atoms with Gasteiger partial charge >= 0.3 is 0 Å². The monoisotopic (exact) mass is 286 g/mol. The van der Waals surface area contributed by atoms with Crippen LogP contribution in [0, 0.1) is 5.82 Å². The van der Waals surface area contributed by atoms with Crippen LogP contribution in [0.25, 0.3) is 0 Å². The fraction of sp³-hybridized carbons (Fsp3) is 0.417. The van der Waals surface area contributed by atoms with Crippen molar-refractivity contribution in [1.29, 1.82) is 0 Å². The summed E-state index contributed by atoms with van der Waals surface area (Å²) in [6.45, 7) is 2.46. The number of halogens is 1. The molecule has 0 saturated heterocycles. The molecule has 1 aliphatic heterocycles. The van der Waals surface area contributed by atoms with E-state index in [1.165, 1.54) is 17.0 Å². The minimum atomic E-state index is -3.54. The van der Waals surface area contributed by atoms with Crippen LogP contribution in [-0.4, -0.2) is 27.1 Å². The van der Waals surface area contributed by atoms with Crippen LogP contribution in [-0.2, 0) is 21.2 Å². The van der Waals surface area contributed by atoms with Crippen molar-refractivity contribution >= 4 is 27.3 Å². The van der Waals surface area contributed by atoms with E-state index in [-0.39, 0.29) is 18.0 Å². The summed E-state index contributed by atoms with van der Waals surface area (Å²) in [7, 11) is -3.54. The van der Waals surface area contributed by atoms with Crippen molar-refractivity contribution in [3.63, 3.8) is 0 Å². The van der Waals surface area contributed by atoms with E-state index in [0.717, 1.165) is 12.7 Å². The zero-order valence-corrected chi connectivity index (χ0v) is 11.6. The molecule has 2 rings (SSSR count). The van der Waals surface area contributed by atoms with Gasteiger partial charge in [-0.15, -0.1) is 0 Å². The summed E-state index contributed by atoms with van der Waals surface area (Å²) in [4.78, 5) is 13.3. The molecule has 1 aromatic carbocycles. The summed E-state index contributed by atoms with van der Waals surface area (Å²) in [5, 5.41) is 0. The van der Waals surface area contributed by atoms with Gasteiger partial charge in [0.2, 0.25) is 15.9 Å². The lowest BCUT2D eigenvalue weighted by atomic mass is 10.1. The predicted octanol–water partition coefficient (Wildman–Crippen LogP) is 1.50. The molecule has 0 aliphatic carbocycles. The standard InChI is InChI=1S/C12H15FN2O3S/c1-3-4-15-11-7-9(13)10(14-19(2,17)18)5-8(11)6-12(15)16/h5,7,14H,3-4,6H2,1-2H3. The molecule has 0 atom stereocenters. The molecule has 0 saturated carbocycles. The molecule has 0 spiro atoms. The first-order valence-corrected chi connectivity index (χ1v) is 7.81. The van der Waals surface area contributed by atoms with E-state index in [1.54, 1.807) is 0 Å². The number of anilines is 2. The number of hydrogen-bond donors (Lipinski definition) is 1. The maximum atomic E-state index is 13.9. The van der Waals surface area contributed by atoms with Crippen LogP contribution >= 0.6 is 0 Å². The molecule has 1 aromatic rings. The fourth-order valence-corrected chi connectivity index (χ4v) is 2.70. The van der Waals surface area contributed by atoms with E-state index < -0.39 is 15.8 Å². The molecule has 19 heavy (non-hydrogen) atoms. The first-order chi connectivity index (χ1) is 8.81. The second-order valence-corrected chi connectivity index (χ2v) is 6.31. The van der Waals surface area contributed by atoms with Crippen molar-refractivity contribution in [3.8, 4) is 0 Å². The van der Waals surface area contributed by atoms with Gasteiger partial charge in [0.15, 0.2) is 0 Å². The highest BCUT2D eigenvalue weighted by Gasteiger charge is 2.28. The Bertz CT molecular complexity index is 628. The molecule has 1 aliphatic rings. The number of nitrogens with one attached hydrogen (secondary N) is 1. The number of hydrogen-bond acceptors (Lipinski definition) is 3. The van der Waals surface area contributed by atoms with Crippen LogP contribution in [0.2, 0.25) is 0 Å². The quantitative estimate of drug-likeness (QED) is 0.912. The van der Waals surface area contributed by atoms with Crippen molar-refractivity contribution in [1.82, 2.24) is 0 Å². The van der Waals surface area contributed by atoms with Gasteiger partial charge in [0.25, 0.3) is 0 Å². The Hall–Kier alpha value is -1.63. The van der Waals surface area contributed by atoms with E-state index in [0.29, 0.717) is 17.8 Å². The lowest BCUT2D eigenvalue weighted by Crippen LogP contribution is -2.27. The first-order valence-electron chi connectivity index (χ1n) is 5.92. The normalized spacial score (nSPS) is 14.7. The van der Waals surface area contributed by atoms with Gasteiger partial charge in [-0.2, -0.15) is 0 Å². The zero-order valence-electron chi connectivity index (χ0n) is 10.7. The lowest BCUT2D eigenvalue weighted by molar-refractivity contribution is -0.117. The Kier molecular flexibility index (Phi) is 3.49. The Morgan fingerprint density at radius 2 is 2.11 bits per heavy atom. The smallest absolute Gasteiger partial charge is 0.231 e. The average Bonchev–Trinajstić information content (AvgIpc) is 2.55. The number of carbonyl (C=O) groups excluding carboxylic acids is 1. The van der Waals surface area contributed by atoms with Crippen molar-refractivity contribution in [2.24, 2.45) is 0 Å². The molecule has 1 amide bonds. The van der Waals surface area contributed by atoms with Gasteiger partial charge in [0.05, 0.1) is 24.1 Å². The Labute approximate surface area is 111 Å². The summed E-state index contributed by atoms with van der Waals surface area (Å²) in [5.74, 6) is -0.771. The molecule has 0 fully saturated rings. The number of sulfonamides is 1. The molecule has 104 valence electrons. The zero-order chi connectivity index (χ0) is 14.2. The van der Waals surface area contributed by atoms with E-state index in [9.17, 15) is 17.6 Å². The van der Waals surface area contributed by atoms with Gasteiger partial charge in [0.1, 0.15) is 5.82 Å². The van der Waals surface area contributed by atoms with E-state index in [2.05, 4.69) is 4.72 Å². The summed E-state index contributed by atoms with van der Waals surface area (Å²) in [6.07, 6.45) is 1.90. The number of nitrogens with zero attached hydrogens (tertiary/aromatic N) is 1. The summed E-state index contributed by atoms with van der Waals surface area (Å²) in [6, 6.07) is 2.60. The molecule has 0 unspecified atom stereocenters. The van der Waals surface area contributed by atoms with Crippen molar-refractivity contribution in [2.75, 3.05) is 22.4 Å². The van der Waals surface area contributed by atoms with Gasteiger partial charge < -0.3 is 4.90 Å². The maximum Gasteiger partial charge on any atom is 0.231 e. The number of benzene rings is 1. The third-order valence-corrected chi connectivity index (χ3v) is 3.44. The Morgan fingerprint density at radius 1 is 1.42 bits per heavy atom. The van der Waals surface area contributed by atoms with Crippen LogP contribution in [0.1, 0.15) is 18.9 Å². The minimum absolute atomic E-state index is 0.0900. The van der Waals surface area contributed by atoms with Crippen LogP contribution in [0.15, 0.2) is 12.1 Å². The van der Waals surface area contributed by atoms with E-state index >= 15 is 0 Å². The van der Waals surface area contributed by atoms with Gasteiger partial charge in [-0.05, 0) is 18.1 Å². The van der Waals surface area contributed by atoms with Gasteiger partial charge in [-0.1, -0.05) is 6.92 Å². The van der Waals surface area contributed by atoms with Crippen molar-refractivity contribution in [2.45, 2.75) is 19.8 Å². The maximum absolute atomic E-state index is 13.9. The van der Waals surface area contributed by atoms with Gasteiger partial charge in [0, 0.05) is 12.6 Å². The number of carbonyl (C=O) groups is 1. The third-order valence-electron chi connectivity index (χ3n) is 2.84. The topological polar surface area (TPSA) is 66.5 Å². The molecule has 5 nitrogen and oxygen atoms in total. The van der Waals surface area contributed by atoms with Crippen molar-refractivity contribution < 1.29 is 17.6 Å². The van der Waals surface area contributed by atoms with Crippen LogP contribution < -0.4 is 9.62 Å². The highest BCUT2D eigenvalue weighted by molar-refractivity contribution is 7.92. The second kappa shape index (κ2) is 4.80. The minimum Gasteiger partial charge on any atom is -0.312 e. The first kappa shape index (κ1) is 13.8. The fourth-order valence-electron chi connectivity index (χ4n) is 2.14. The SMILES string of the molecule is CCCN1C(=O)Cc2cc(NS(C)(=O)=O)c(F)cc21.